The van der Waals surface area contributed by atoms with Gasteiger partial charge in [0.2, 0.25) is 0 Å². The molecule has 0 atom stereocenters. The van der Waals surface area contributed by atoms with E-state index >= 15 is 0 Å². The molecule has 0 saturated carbocycles. The third-order valence-electron chi connectivity index (χ3n) is 13.1. The maximum Gasteiger partial charge on any atom is 0.0544 e. The number of aromatic nitrogens is 1. The van der Waals surface area contributed by atoms with Crippen molar-refractivity contribution in [1.82, 2.24) is 4.57 Å². The Morgan fingerprint density at radius 3 is 1.33 bits per heavy atom. The predicted molar refractivity (Wildman–Crippen MR) is 222 cm³/mol. The molecule has 52 heavy (non-hydrogen) atoms. The van der Waals surface area contributed by atoms with Gasteiger partial charge in [0.25, 0.3) is 0 Å². The highest BCUT2D eigenvalue weighted by atomic mass is 15.0. The summed E-state index contributed by atoms with van der Waals surface area (Å²) in [6, 6.07) is 60.5. The second-order valence-corrected chi connectivity index (χ2v) is 16.3. The van der Waals surface area contributed by atoms with Gasteiger partial charge in [0.15, 0.2) is 0 Å². The lowest BCUT2D eigenvalue weighted by Crippen LogP contribution is -2.42. The van der Waals surface area contributed by atoms with E-state index in [4.69, 9.17) is 0 Å². The number of hydrogen-bond donors (Lipinski definition) is 0. The summed E-state index contributed by atoms with van der Waals surface area (Å²) >= 11 is 0. The Morgan fingerprint density at radius 2 is 0.750 bits per heavy atom. The highest BCUT2D eigenvalue weighted by Crippen LogP contribution is 2.62. The smallest absolute Gasteiger partial charge is 0.0544 e. The van der Waals surface area contributed by atoms with Crippen molar-refractivity contribution in [2.24, 2.45) is 5.41 Å². The molecule has 254 valence electrons. The van der Waals surface area contributed by atoms with Crippen LogP contribution >= 0.6 is 0 Å². The van der Waals surface area contributed by atoms with Gasteiger partial charge in [0.05, 0.1) is 11.0 Å². The zero-order valence-electron chi connectivity index (χ0n) is 31.0. The monoisotopic (exact) mass is 671 g/mol. The average molecular weight is 672 g/mol. The lowest BCUT2D eigenvalue weighted by atomic mass is 9.59. The van der Waals surface area contributed by atoms with Crippen LogP contribution in [0.3, 0.4) is 0 Å². The van der Waals surface area contributed by atoms with Gasteiger partial charge in [-0.15, -0.1) is 0 Å². The summed E-state index contributed by atoms with van der Waals surface area (Å²) in [7, 11) is 0. The Morgan fingerprint density at radius 1 is 0.327 bits per heavy atom. The Balaban J connectivity index is 1.23. The highest BCUT2D eigenvalue weighted by molar-refractivity contribution is 6.11. The van der Waals surface area contributed by atoms with Crippen LogP contribution in [0.2, 0.25) is 0 Å². The second-order valence-electron chi connectivity index (χ2n) is 16.3. The molecular formula is C51H45N. The first-order valence-corrected chi connectivity index (χ1v) is 18.6. The Labute approximate surface area is 308 Å². The van der Waals surface area contributed by atoms with Gasteiger partial charge in [-0.05, 0) is 133 Å². The molecule has 1 heteroatoms. The normalized spacial score (nSPS) is 15.6. The summed E-state index contributed by atoms with van der Waals surface area (Å²) in [5.74, 6) is 0. The van der Waals surface area contributed by atoms with Crippen LogP contribution in [0.1, 0.15) is 52.7 Å². The largest absolute Gasteiger partial charge is 0.309 e. The van der Waals surface area contributed by atoms with Gasteiger partial charge in [0, 0.05) is 16.5 Å². The van der Waals surface area contributed by atoms with Gasteiger partial charge in [-0.3, -0.25) is 0 Å². The molecule has 0 amide bonds. The molecular weight excluding hydrogens is 627 g/mol. The quantitative estimate of drug-likeness (QED) is 0.172. The molecule has 0 fully saturated rings. The van der Waals surface area contributed by atoms with Gasteiger partial charge in [0.1, 0.15) is 0 Å². The van der Waals surface area contributed by atoms with E-state index in [1.54, 1.807) is 0 Å². The fourth-order valence-corrected chi connectivity index (χ4v) is 8.86. The predicted octanol–water partition coefficient (Wildman–Crippen LogP) is 14.0. The molecule has 9 rings (SSSR count). The maximum absolute atomic E-state index is 2.53. The van der Waals surface area contributed by atoms with E-state index < -0.39 is 0 Å². The van der Waals surface area contributed by atoms with Crippen molar-refractivity contribution < 1.29 is 0 Å². The fourth-order valence-electron chi connectivity index (χ4n) is 8.86. The molecule has 1 aliphatic rings. The van der Waals surface area contributed by atoms with Crippen LogP contribution in [0, 0.1) is 5.41 Å². The average Bonchev–Trinajstić information content (AvgIpc) is 3.55. The summed E-state index contributed by atoms with van der Waals surface area (Å²) in [5.41, 5.74) is 16.6. The SMILES string of the molecule is CC1(C)c2cc3c4cc(-c5cccc(-c6cc(-c7ccccc7)cc(-c7ccccc7)c6)c5)ccc4n(-c4ccccc4)c3cc2C(C)(C)C1(C)C. The minimum atomic E-state index is 0.0278. The van der Waals surface area contributed by atoms with Crippen molar-refractivity contribution in [1.29, 1.82) is 0 Å². The molecule has 1 nitrogen and oxygen atoms in total. The first-order valence-electron chi connectivity index (χ1n) is 18.6. The van der Waals surface area contributed by atoms with E-state index in [0.29, 0.717) is 0 Å². The fraction of sp³-hybridized carbons (Fsp3) is 0.176. The van der Waals surface area contributed by atoms with E-state index in [1.165, 1.54) is 83.1 Å². The lowest BCUT2D eigenvalue weighted by Gasteiger charge is -2.44. The number of nitrogens with zero attached hydrogens (tertiary/aromatic N) is 1. The third-order valence-corrected chi connectivity index (χ3v) is 13.1. The first kappa shape index (κ1) is 32.3. The summed E-state index contributed by atoms with van der Waals surface area (Å²) in [6.07, 6.45) is 0. The van der Waals surface area contributed by atoms with Crippen LogP contribution < -0.4 is 0 Å². The number of hydrogen-bond acceptors (Lipinski definition) is 0. The van der Waals surface area contributed by atoms with E-state index in [-0.39, 0.29) is 16.2 Å². The zero-order valence-corrected chi connectivity index (χ0v) is 31.0. The molecule has 0 spiro atoms. The van der Waals surface area contributed by atoms with Gasteiger partial charge in [-0.2, -0.15) is 0 Å². The molecule has 0 saturated heterocycles. The maximum atomic E-state index is 2.53. The molecule has 1 aliphatic carbocycles. The Kier molecular flexibility index (Phi) is 7.25. The minimum absolute atomic E-state index is 0.0278. The van der Waals surface area contributed by atoms with Crippen molar-refractivity contribution in [2.45, 2.75) is 52.4 Å². The van der Waals surface area contributed by atoms with Crippen LogP contribution in [0.5, 0.6) is 0 Å². The zero-order chi connectivity index (χ0) is 35.8. The second kappa shape index (κ2) is 11.7. The van der Waals surface area contributed by atoms with Crippen LogP contribution in [0.25, 0.3) is 72.0 Å². The number of rotatable bonds is 5. The Bertz CT molecular complexity index is 2560. The molecule has 0 bridgehead atoms. The lowest BCUT2D eigenvalue weighted by molar-refractivity contribution is 0.125. The highest BCUT2D eigenvalue weighted by Gasteiger charge is 2.57. The van der Waals surface area contributed by atoms with Crippen molar-refractivity contribution in [3.63, 3.8) is 0 Å². The van der Waals surface area contributed by atoms with Gasteiger partial charge < -0.3 is 4.57 Å². The van der Waals surface area contributed by atoms with Crippen molar-refractivity contribution >= 4 is 21.8 Å². The van der Waals surface area contributed by atoms with Crippen LogP contribution in [-0.2, 0) is 10.8 Å². The molecule has 0 aliphatic heterocycles. The molecule has 8 aromatic rings. The van der Waals surface area contributed by atoms with Gasteiger partial charge in [-0.25, -0.2) is 0 Å². The van der Waals surface area contributed by atoms with Gasteiger partial charge >= 0.3 is 0 Å². The van der Waals surface area contributed by atoms with Crippen LogP contribution in [0.4, 0.5) is 0 Å². The molecule has 0 radical (unpaired) electrons. The molecule has 1 heterocycles. The molecule has 1 aromatic heterocycles. The van der Waals surface area contributed by atoms with Crippen LogP contribution in [0.15, 0.2) is 164 Å². The van der Waals surface area contributed by atoms with E-state index in [0.717, 1.165) is 0 Å². The van der Waals surface area contributed by atoms with E-state index in [9.17, 15) is 0 Å². The summed E-state index contributed by atoms with van der Waals surface area (Å²) in [4.78, 5) is 0. The summed E-state index contributed by atoms with van der Waals surface area (Å²) < 4.78 is 2.47. The third kappa shape index (κ3) is 4.83. The van der Waals surface area contributed by atoms with Gasteiger partial charge in [-0.1, -0.05) is 145 Å². The summed E-state index contributed by atoms with van der Waals surface area (Å²) in [5, 5.41) is 2.61. The number of para-hydroxylation sites is 1. The van der Waals surface area contributed by atoms with Crippen molar-refractivity contribution in [3.8, 4) is 50.2 Å². The number of fused-ring (bicyclic) bond motifs is 4. The van der Waals surface area contributed by atoms with E-state index in [1.807, 2.05) is 0 Å². The van der Waals surface area contributed by atoms with Crippen LogP contribution in [-0.4, -0.2) is 4.57 Å². The minimum Gasteiger partial charge on any atom is -0.309 e. The van der Waals surface area contributed by atoms with Crippen molar-refractivity contribution in [3.05, 3.63) is 175 Å². The topological polar surface area (TPSA) is 4.93 Å². The summed E-state index contributed by atoms with van der Waals surface area (Å²) in [6.45, 7) is 14.6. The number of benzene rings is 7. The first-order chi connectivity index (χ1) is 25.0. The van der Waals surface area contributed by atoms with E-state index in [2.05, 4.69) is 210 Å². The standard InChI is InChI=1S/C51H45N/c1-49(2)45-32-44-43-31-38(25-26-47(43)52(42-23-14-9-15-24-42)48(44)33-46(45)50(3,4)51(49,5)6)36-21-16-22-37(27-36)41-29-39(34-17-10-7-11-18-34)28-40(30-41)35-19-12-8-13-20-35/h7-33H,1-6H3. The molecule has 0 unspecified atom stereocenters. The van der Waals surface area contributed by atoms with Crippen molar-refractivity contribution in [2.75, 3.05) is 0 Å². The molecule has 7 aromatic carbocycles. The molecule has 0 N–H and O–H groups in total. The Hall–Kier alpha value is -5.66.